The van der Waals surface area contributed by atoms with Gasteiger partial charge in [-0.25, -0.2) is 8.70 Å². The zero-order valence-electron chi connectivity index (χ0n) is 24.0. The normalized spacial score (nSPS) is 14.1. The molecule has 0 fully saturated rings. The number of aryl methyl sites for hydroxylation is 5. The Morgan fingerprint density at radius 2 is 1.73 bits per heavy atom. The molecule has 5 aromatic rings. The summed E-state index contributed by atoms with van der Waals surface area (Å²) in [5.41, 5.74) is 8.28. The molecule has 0 saturated heterocycles. The Hall–Kier alpha value is -3.55. The number of nitrogens with zero attached hydrogens (tertiary/aromatic N) is 4. The second-order valence-electron chi connectivity index (χ2n) is 11.3. The highest BCUT2D eigenvalue weighted by molar-refractivity contribution is 7.77. The third-order valence-electron chi connectivity index (χ3n) is 8.69. The second-order valence-corrected chi connectivity index (χ2v) is 11.9. The Balaban J connectivity index is 1.42. The number of hydrogen-bond donors (Lipinski definition) is 2. The lowest BCUT2D eigenvalue weighted by atomic mass is 9.95. The van der Waals surface area contributed by atoms with E-state index >= 15 is 4.39 Å². The molecule has 41 heavy (non-hydrogen) atoms. The van der Waals surface area contributed by atoms with Crippen LogP contribution >= 0.6 is 12.8 Å². The zero-order chi connectivity index (χ0) is 28.8. The highest BCUT2D eigenvalue weighted by Gasteiger charge is 2.28. The summed E-state index contributed by atoms with van der Waals surface area (Å²) >= 11 is 4.69. The van der Waals surface area contributed by atoms with Gasteiger partial charge >= 0.3 is 0 Å². The molecule has 0 radical (unpaired) electrons. The van der Waals surface area contributed by atoms with Crippen LogP contribution in [-0.4, -0.2) is 30.3 Å². The average Bonchev–Trinajstić information content (AvgIpc) is 3.40. The highest BCUT2D eigenvalue weighted by Crippen LogP contribution is 2.42. The topological polar surface area (TPSA) is 46.2 Å². The van der Waals surface area contributed by atoms with E-state index in [1.165, 1.54) is 21.9 Å². The molecule has 212 valence electrons. The number of unbranched alkanes of at least 4 members (excludes halogenated alkanes) is 1. The van der Waals surface area contributed by atoms with Crippen LogP contribution in [0.25, 0.3) is 38.6 Å². The Morgan fingerprint density at radius 3 is 2.51 bits per heavy atom. The molecule has 0 bridgehead atoms. The predicted molar refractivity (Wildman–Crippen MR) is 170 cm³/mol. The first-order chi connectivity index (χ1) is 19.8. The molecule has 0 unspecified atom stereocenters. The Kier molecular flexibility index (Phi) is 7.43. The van der Waals surface area contributed by atoms with Gasteiger partial charge in [-0.1, -0.05) is 55.8 Å². The number of fused-ring (bicyclic) bond motifs is 3. The summed E-state index contributed by atoms with van der Waals surface area (Å²) in [5, 5.41) is 19.3. The van der Waals surface area contributed by atoms with Gasteiger partial charge < -0.3 is 9.67 Å². The molecule has 7 heteroatoms. The number of benzene rings is 3. The van der Waals surface area contributed by atoms with Crippen LogP contribution in [0.4, 0.5) is 4.39 Å². The van der Waals surface area contributed by atoms with E-state index in [2.05, 4.69) is 67.3 Å². The lowest BCUT2D eigenvalue weighted by Gasteiger charge is -2.20. The molecule has 3 aromatic carbocycles. The van der Waals surface area contributed by atoms with Crippen molar-refractivity contribution in [1.29, 1.82) is 0 Å². The predicted octanol–water partition coefficient (Wildman–Crippen LogP) is 8.10. The lowest BCUT2D eigenvalue weighted by Crippen LogP contribution is -2.18. The van der Waals surface area contributed by atoms with Crippen LogP contribution in [0.3, 0.4) is 0 Å². The van der Waals surface area contributed by atoms with Gasteiger partial charge in [0, 0.05) is 42.3 Å². The SMILES string of the molecule is C=C(O)c1c(CCCCc2ccc(C)c3ccccc23)c2ccc(F)c3c2n1CCCN(S)Cc1nn(C)c(C)c1-3. The maximum absolute atomic E-state index is 15.9. The summed E-state index contributed by atoms with van der Waals surface area (Å²) in [7, 11) is 1.89. The molecule has 1 N–H and O–H groups in total. The molecule has 2 aromatic heterocycles. The standard InChI is InChI=1S/C34H37FN4OS/c1-21-14-15-24(26-12-8-7-11-25(21)26)10-5-6-13-27-28-16-17-29(35)32-31-22(2)37(4)36-30(31)20-38(41)18-9-19-39(34(28)32)33(27)23(3)40/h7-8,11-12,14-17,40-41H,3,5-6,9-10,13,18-20H2,1-2,4H3. The van der Waals surface area contributed by atoms with Crippen LogP contribution in [0, 0.1) is 19.7 Å². The van der Waals surface area contributed by atoms with E-state index < -0.39 is 0 Å². The fourth-order valence-electron chi connectivity index (χ4n) is 6.66. The van der Waals surface area contributed by atoms with Gasteiger partial charge in [-0.05, 0) is 85.5 Å². The van der Waals surface area contributed by atoms with E-state index in [1.54, 1.807) is 6.07 Å². The molecule has 1 aliphatic rings. The second kappa shape index (κ2) is 11.0. The van der Waals surface area contributed by atoms with Gasteiger partial charge in [0.1, 0.15) is 11.6 Å². The number of aliphatic hydroxyl groups excluding tert-OH is 1. The van der Waals surface area contributed by atoms with Crippen molar-refractivity contribution in [2.24, 2.45) is 7.05 Å². The third kappa shape index (κ3) is 4.85. The van der Waals surface area contributed by atoms with Crippen LogP contribution < -0.4 is 0 Å². The number of aliphatic hydroxyl groups is 1. The average molecular weight is 569 g/mol. The first-order valence-electron chi connectivity index (χ1n) is 14.4. The summed E-state index contributed by atoms with van der Waals surface area (Å²) < 4.78 is 21.7. The highest BCUT2D eigenvalue weighted by atomic mass is 32.1. The van der Waals surface area contributed by atoms with Gasteiger partial charge in [0.05, 0.1) is 23.4 Å². The van der Waals surface area contributed by atoms with Gasteiger partial charge in [-0.15, -0.1) is 0 Å². The molecular weight excluding hydrogens is 531 g/mol. The van der Waals surface area contributed by atoms with E-state index in [0.29, 0.717) is 24.3 Å². The van der Waals surface area contributed by atoms with Gasteiger partial charge in [0.25, 0.3) is 0 Å². The third-order valence-corrected chi connectivity index (χ3v) is 9.03. The van der Waals surface area contributed by atoms with E-state index in [4.69, 9.17) is 5.10 Å². The summed E-state index contributed by atoms with van der Waals surface area (Å²) in [5.74, 6) is -0.261. The van der Waals surface area contributed by atoms with Crippen LogP contribution in [0.1, 0.15) is 53.0 Å². The monoisotopic (exact) mass is 568 g/mol. The molecular formula is C34H37FN4OS. The van der Waals surface area contributed by atoms with Crippen molar-refractivity contribution in [2.45, 2.75) is 59.0 Å². The minimum absolute atomic E-state index is 0.0232. The van der Waals surface area contributed by atoms with Crippen molar-refractivity contribution in [3.05, 3.63) is 94.7 Å². The van der Waals surface area contributed by atoms with Crippen molar-refractivity contribution < 1.29 is 9.50 Å². The van der Waals surface area contributed by atoms with Crippen molar-refractivity contribution in [2.75, 3.05) is 6.54 Å². The van der Waals surface area contributed by atoms with Gasteiger partial charge in [-0.3, -0.25) is 4.68 Å². The van der Waals surface area contributed by atoms with Crippen LogP contribution in [0.2, 0.25) is 0 Å². The fourth-order valence-corrected chi connectivity index (χ4v) is 6.94. The van der Waals surface area contributed by atoms with E-state index in [9.17, 15) is 5.11 Å². The molecule has 0 spiro atoms. The summed E-state index contributed by atoms with van der Waals surface area (Å²) in [6, 6.07) is 16.5. The van der Waals surface area contributed by atoms with Crippen LogP contribution in [-0.2, 0) is 33.0 Å². The maximum Gasteiger partial charge on any atom is 0.133 e. The molecule has 6 rings (SSSR count). The number of rotatable bonds is 6. The minimum atomic E-state index is -0.284. The number of halogens is 1. The van der Waals surface area contributed by atoms with Crippen LogP contribution in [0.5, 0.6) is 0 Å². The van der Waals surface area contributed by atoms with Gasteiger partial charge in [0.15, 0.2) is 0 Å². The quantitative estimate of drug-likeness (QED) is 0.124. The largest absolute Gasteiger partial charge is 0.506 e. The minimum Gasteiger partial charge on any atom is -0.506 e. The van der Waals surface area contributed by atoms with Crippen molar-refractivity contribution in [1.82, 2.24) is 18.7 Å². The smallest absolute Gasteiger partial charge is 0.133 e. The van der Waals surface area contributed by atoms with Gasteiger partial charge in [0.2, 0.25) is 0 Å². The maximum atomic E-state index is 15.9. The van der Waals surface area contributed by atoms with E-state index in [1.807, 2.05) is 29.0 Å². The summed E-state index contributed by atoms with van der Waals surface area (Å²) in [6.07, 6.45) is 4.49. The Morgan fingerprint density at radius 1 is 0.976 bits per heavy atom. The first-order valence-corrected chi connectivity index (χ1v) is 14.8. The zero-order valence-corrected chi connectivity index (χ0v) is 24.9. The number of hydrogen-bond acceptors (Lipinski definition) is 4. The summed E-state index contributed by atoms with van der Waals surface area (Å²) in [4.78, 5) is 0. The molecule has 0 saturated carbocycles. The van der Waals surface area contributed by atoms with Crippen LogP contribution in [0.15, 0.2) is 55.1 Å². The Labute approximate surface area is 246 Å². The molecule has 3 heterocycles. The molecule has 0 atom stereocenters. The number of aromatic nitrogens is 3. The van der Waals surface area contributed by atoms with Crippen molar-refractivity contribution >= 4 is 40.2 Å². The number of thiol groups is 1. The summed E-state index contributed by atoms with van der Waals surface area (Å²) in [6.45, 7) is 9.99. The molecule has 0 aliphatic carbocycles. The van der Waals surface area contributed by atoms with Crippen molar-refractivity contribution in [3.63, 3.8) is 0 Å². The lowest BCUT2D eigenvalue weighted by molar-refractivity contribution is 0.432. The molecule has 0 amide bonds. The first kappa shape index (κ1) is 27.6. The fraction of sp³-hybridized carbons (Fsp3) is 0.324. The van der Waals surface area contributed by atoms with Crippen molar-refractivity contribution in [3.8, 4) is 11.1 Å². The molecule has 5 nitrogen and oxygen atoms in total. The van der Waals surface area contributed by atoms with Gasteiger partial charge in [-0.2, -0.15) is 5.10 Å². The molecule has 1 aliphatic heterocycles. The Bertz CT molecular complexity index is 1800. The van der Waals surface area contributed by atoms with E-state index in [0.717, 1.165) is 72.1 Å². The van der Waals surface area contributed by atoms with E-state index in [-0.39, 0.29) is 11.6 Å².